The first-order chi connectivity index (χ1) is 16.9. The number of nitrogens with one attached hydrogen (secondary N) is 2. The van der Waals surface area contributed by atoms with E-state index in [0.717, 1.165) is 25.2 Å². The molecule has 0 aromatic heterocycles. The van der Waals surface area contributed by atoms with E-state index >= 15 is 0 Å². The van der Waals surface area contributed by atoms with Gasteiger partial charge in [-0.3, -0.25) is 14.4 Å². The number of carbonyl (C=O) groups excluding carboxylic acids is 3. The average Bonchev–Trinajstić information content (AvgIpc) is 3.50. The molecule has 0 aliphatic carbocycles. The van der Waals surface area contributed by atoms with E-state index in [1.807, 2.05) is 24.3 Å². The summed E-state index contributed by atoms with van der Waals surface area (Å²) in [5, 5.41) is 14.8. The van der Waals surface area contributed by atoms with Crippen molar-refractivity contribution in [1.29, 1.82) is 0 Å². The Labute approximate surface area is 207 Å². The lowest BCUT2D eigenvalue weighted by Crippen LogP contribution is -2.53. The SMILES string of the molecule is CCN(CC)c1ccc(NC(=O)C2N(CCCCCO)C(=O)[C@@H]3[C@H](C(=O)NC)[C@@H]4CCC23O4)cc1. The zero-order valence-electron chi connectivity index (χ0n) is 21.0. The molecule has 192 valence electrons. The Morgan fingerprint density at radius 1 is 1.14 bits per heavy atom. The Hall–Kier alpha value is -2.65. The molecule has 3 heterocycles. The second kappa shape index (κ2) is 10.5. The minimum absolute atomic E-state index is 0.0947. The molecule has 3 saturated heterocycles. The van der Waals surface area contributed by atoms with Crippen molar-refractivity contribution < 1.29 is 24.2 Å². The molecule has 0 radical (unpaired) electrons. The Balaban J connectivity index is 1.59. The largest absolute Gasteiger partial charge is 0.396 e. The second-order valence-electron chi connectivity index (χ2n) is 9.69. The lowest BCUT2D eigenvalue weighted by Gasteiger charge is -2.33. The number of ether oxygens (including phenoxy) is 1. The van der Waals surface area contributed by atoms with Gasteiger partial charge in [0.15, 0.2) is 0 Å². The Morgan fingerprint density at radius 3 is 2.49 bits per heavy atom. The molecule has 3 N–H and O–H groups in total. The number of fused-ring (bicyclic) bond motifs is 1. The first kappa shape index (κ1) is 25.4. The highest BCUT2D eigenvalue weighted by atomic mass is 16.5. The lowest BCUT2D eigenvalue weighted by molar-refractivity contribution is -0.140. The number of hydrogen-bond acceptors (Lipinski definition) is 6. The molecule has 3 fully saturated rings. The zero-order valence-corrected chi connectivity index (χ0v) is 21.0. The molecule has 3 aliphatic heterocycles. The van der Waals surface area contributed by atoms with Gasteiger partial charge in [-0.25, -0.2) is 0 Å². The maximum atomic E-state index is 13.7. The first-order valence-electron chi connectivity index (χ1n) is 12.9. The van der Waals surface area contributed by atoms with Crippen LogP contribution in [-0.4, -0.2) is 78.8 Å². The van der Waals surface area contributed by atoms with Crippen molar-refractivity contribution in [1.82, 2.24) is 10.2 Å². The molecule has 35 heavy (non-hydrogen) atoms. The third-order valence-corrected chi connectivity index (χ3v) is 7.92. The van der Waals surface area contributed by atoms with Crippen LogP contribution in [0.15, 0.2) is 24.3 Å². The van der Waals surface area contributed by atoms with Crippen molar-refractivity contribution in [2.45, 2.75) is 63.7 Å². The molecule has 0 saturated carbocycles. The molecular formula is C26H38N4O5. The van der Waals surface area contributed by atoms with Crippen LogP contribution >= 0.6 is 0 Å². The summed E-state index contributed by atoms with van der Waals surface area (Å²) in [6, 6.07) is 6.92. The van der Waals surface area contributed by atoms with Gasteiger partial charge in [0.05, 0.1) is 17.9 Å². The number of nitrogens with zero attached hydrogens (tertiary/aromatic N) is 2. The summed E-state index contributed by atoms with van der Waals surface area (Å²) in [7, 11) is 1.57. The Bertz CT molecular complexity index is 934. The summed E-state index contributed by atoms with van der Waals surface area (Å²) in [6.07, 6.45) is 2.96. The topological polar surface area (TPSA) is 111 Å². The fraction of sp³-hybridized carbons (Fsp3) is 0.654. The molecule has 4 rings (SSSR count). The molecule has 1 spiro atoms. The second-order valence-corrected chi connectivity index (χ2v) is 9.69. The van der Waals surface area contributed by atoms with Crippen LogP contribution < -0.4 is 15.5 Å². The van der Waals surface area contributed by atoms with Gasteiger partial charge in [-0.2, -0.15) is 0 Å². The van der Waals surface area contributed by atoms with Crippen LogP contribution in [-0.2, 0) is 19.1 Å². The number of aliphatic hydroxyl groups is 1. The number of unbranched alkanes of at least 4 members (excludes halogenated alkanes) is 2. The van der Waals surface area contributed by atoms with E-state index in [2.05, 4.69) is 29.4 Å². The molecule has 2 bridgehead atoms. The number of carbonyl (C=O) groups is 3. The van der Waals surface area contributed by atoms with E-state index in [4.69, 9.17) is 9.84 Å². The number of anilines is 2. The van der Waals surface area contributed by atoms with Crippen molar-refractivity contribution >= 4 is 29.1 Å². The zero-order chi connectivity index (χ0) is 25.2. The van der Waals surface area contributed by atoms with Gasteiger partial charge in [0, 0.05) is 44.7 Å². The lowest BCUT2D eigenvalue weighted by atomic mass is 9.70. The average molecular weight is 487 g/mol. The van der Waals surface area contributed by atoms with Crippen molar-refractivity contribution in [3.63, 3.8) is 0 Å². The molecule has 1 aromatic rings. The first-order valence-corrected chi connectivity index (χ1v) is 12.9. The third kappa shape index (κ3) is 4.40. The van der Waals surface area contributed by atoms with Gasteiger partial charge in [-0.1, -0.05) is 0 Å². The van der Waals surface area contributed by atoms with Gasteiger partial charge in [0.1, 0.15) is 11.6 Å². The highest BCUT2D eigenvalue weighted by Gasteiger charge is 2.74. The molecule has 3 aliphatic rings. The fourth-order valence-electron chi connectivity index (χ4n) is 6.29. The van der Waals surface area contributed by atoms with E-state index in [1.165, 1.54) is 0 Å². The molecule has 9 heteroatoms. The number of benzene rings is 1. The quantitative estimate of drug-likeness (QED) is 0.411. The van der Waals surface area contributed by atoms with E-state index in [9.17, 15) is 14.4 Å². The predicted octanol–water partition coefficient (Wildman–Crippen LogP) is 1.75. The van der Waals surface area contributed by atoms with Gasteiger partial charge >= 0.3 is 0 Å². The van der Waals surface area contributed by atoms with E-state index in [0.29, 0.717) is 37.9 Å². The highest BCUT2D eigenvalue weighted by Crippen LogP contribution is 2.58. The number of rotatable bonds is 11. The number of amides is 3. The van der Waals surface area contributed by atoms with Crippen LogP contribution in [0.5, 0.6) is 0 Å². The van der Waals surface area contributed by atoms with Crippen LogP contribution in [0.2, 0.25) is 0 Å². The van der Waals surface area contributed by atoms with Crippen LogP contribution in [0.25, 0.3) is 0 Å². The molecule has 2 unspecified atom stereocenters. The van der Waals surface area contributed by atoms with Crippen LogP contribution in [0, 0.1) is 11.8 Å². The monoisotopic (exact) mass is 486 g/mol. The molecule has 1 aromatic carbocycles. The summed E-state index contributed by atoms with van der Waals surface area (Å²) in [4.78, 5) is 43.9. The van der Waals surface area contributed by atoms with Gasteiger partial charge in [-0.05, 0) is 70.2 Å². The molecular weight excluding hydrogens is 448 g/mol. The van der Waals surface area contributed by atoms with E-state index in [-0.39, 0.29) is 30.4 Å². The number of likely N-dealkylation sites (tertiary alicyclic amines) is 1. The van der Waals surface area contributed by atoms with Crippen LogP contribution in [0.1, 0.15) is 46.0 Å². The van der Waals surface area contributed by atoms with Gasteiger partial charge in [0.25, 0.3) is 0 Å². The smallest absolute Gasteiger partial charge is 0.250 e. The van der Waals surface area contributed by atoms with Crippen molar-refractivity contribution in [2.75, 3.05) is 43.5 Å². The standard InChI is InChI=1S/C26H38N4O5/c1-4-29(5-2)18-11-9-17(10-12-18)28-24(33)22-26-14-13-19(35-26)20(23(32)27-3)21(26)25(34)30(22)15-7-6-8-16-31/h9-12,19-22,31H,4-8,13-16H2,1-3H3,(H,27,32)(H,28,33)/t19-,20+,21-,22?,26?/m0/s1. The fourth-order valence-corrected chi connectivity index (χ4v) is 6.29. The minimum atomic E-state index is -0.985. The normalized spacial score (nSPS) is 28.8. The van der Waals surface area contributed by atoms with Crippen LogP contribution in [0.3, 0.4) is 0 Å². The Kier molecular flexibility index (Phi) is 7.66. The maximum Gasteiger partial charge on any atom is 0.250 e. The molecule has 3 amide bonds. The number of aliphatic hydroxyl groups excluding tert-OH is 1. The van der Waals surface area contributed by atoms with Crippen molar-refractivity contribution in [2.24, 2.45) is 11.8 Å². The van der Waals surface area contributed by atoms with Gasteiger partial charge < -0.3 is 30.3 Å². The summed E-state index contributed by atoms with van der Waals surface area (Å²) in [5.74, 6) is -1.89. The van der Waals surface area contributed by atoms with Crippen molar-refractivity contribution in [3.8, 4) is 0 Å². The minimum Gasteiger partial charge on any atom is -0.396 e. The summed E-state index contributed by atoms with van der Waals surface area (Å²) in [6.45, 7) is 6.48. The van der Waals surface area contributed by atoms with Crippen LogP contribution in [0.4, 0.5) is 11.4 Å². The van der Waals surface area contributed by atoms with Gasteiger partial charge in [-0.15, -0.1) is 0 Å². The maximum absolute atomic E-state index is 13.7. The van der Waals surface area contributed by atoms with E-state index in [1.54, 1.807) is 11.9 Å². The highest BCUT2D eigenvalue weighted by molar-refractivity contribution is 6.03. The van der Waals surface area contributed by atoms with E-state index < -0.39 is 23.5 Å². The van der Waals surface area contributed by atoms with Crippen molar-refractivity contribution in [3.05, 3.63) is 24.3 Å². The molecule has 5 atom stereocenters. The summed E-state index contributed by atoms with van der Waals surface area (Å²) in [5.41, 5.74) is 0.759. The number of hydrogen-bond donors (Lipinski definition) is 3. The predicted molar refractivity (Wildman–Crippen MR) is 133 cm³/mol. The third-order valence-electron chi connectivity index (χ3n) is 7.92. The molecule has 9 nitrogen and oxygen atoms in total. The van der Waals surface area contributed by atoms with Gasteiger partial charge in [0.2, 0.25) is 17.7 Å². The summed E-state index contributed by atoms with van der Waals surface area (Å²) < 4.78 is 6.37. The summed E-state index contributed by atoms with van der Waals surface area (Å²) >= 11 is 0. The Morgan fingerprint density at radius 2 is 1.86 bits per heavy atom.